The van der Waals surface area contributed by atoms with Crippen LogP contribution in [0.25, 0.3) is 0 Å². The Bertz CT molecular complexity index is 212. The first-order chi connectivity index (χ1) is 7.36. The van der Waals surface area contributed by atoms with E-state index in [4.69, 9.17) is 0 Å². The summed E-state index contributed by atoms with van der Waals surface area (Å²) in [5.41, 5.74) is 0.359. The zero-order chi connectivity index (χ0) is 12.3. The topological polar surface area (TPSA) is 15.3 Å². The van der Waals surface area contributed by atoms with Gasteiger partial charge in [0.25, 0.3) is 0 Å². The van der Waals surface area contributed by atoms with Crippen LogP contribution in [0.2, 0.25) is 0 Å². The van der Waals surface area contributed by atoms with Gasteiger partial charge in [0.15, 0.2) is 0 Å². The number of nitrogens with zero attached hydrogens (tertiary/aromatic N) is 1. The lowest BCUT2D eigenvalue weighted by Crippen LogP contribution is -2.61. The second-order valence-corrected chi connectivity index (χ2v) is 7.09. The van der Waals surface area contributed by atoms with Crippen LogP contribution in [0.1, 0.15) is 34.6 Å². The van der Waals surface area contributed by atoms with Crippen molar-refractivity contribution >= 4 is 11.8 Å². The molecular weight excluding hydrogens is 216 g/mol. The van der Waals surface area contributed by atoms with E-state index in [0.29, 0.717) is 23.5 Å². The summed E-state index contributed by atoms with van der Waals surface area (Å²) >= 11 is 1.95. The van der Waals surface area contributed by atoms with E-state index in [9.17, 15) is 0 Å². The van der Waals surface area contributed by atoms with E-state index < -0.39 is 0 Å². The number of rotatable bonds is 3. The zero-order valence-electron chi connectivity index (χ0n) is 11.7. The zero-order valence-corrected chi connectivity index (χ0v) is 12.5. The molecular formula is C13H28N2S. The van der Waals surface area contributed by atoms with Crippen molar-refractivity contribution < 1.29 is 0 Å². The van der Waals surface area contributed by atoms with Gasteiger partial charge < -0.3 is 5.32 Å². The molecule has 1 aliphatic heterocycles. The van der Waals surface area contributed by atoms with E-state index in [1.165, 1.54) is 12.3 Å². The Hall–Kier alpha value is 0.270. The van der Waals surface area contributed by atoms with Crippen molar-refractivity contribution in [1.29, 1.82) is 0 Å². The minimum absolute atomic E-state index is 0.359. The molecule has 1 rings (SSSR count). The van der Waals surface area contributed by atoms with Gasteiger partial charge in [0.2, 0.25) is 0 Å². The Morgan fingerprint density at radius 1 is 1.44 bits per heavy atom. The van der Waals surface area contributed by atoms with Gasteiger partial charge in [0.1, 0.15) is 0 Å². The molecule has 0 aliphatic carbocycles. The van der Waals surface area contributed by atoms with Crippen LogP contribution in [0, 0.1) is 5.41 Å². The molecule has 0 aromatic rings. The first kappa shape index (κ1) is 14.3. The average Bonchev–Trinajstić information content (AvgIpc) is 2.16. The molecule has 1 fully saturated rings. The van der Waals surface area contributed by atoms with Crippen LogP contribution in [-0.4, -0.2) is 48.1 Å². The first-order valence-electron chi connectivity index (χ1n) is 6.34. The van der Waals surface area contributed by atoms with Crippen LogP contribution >= 0.6 is 11.8 Å². The molecule has 0 bridgehead atoms. The predicted molar refractivity (Wildman–Crippen MR) is 75.3 cm³/mol. The highest BCUT2D eigenvalue weighted by atomic mass is 32.2. The second kappa shape index (κ2) is 5.74. The summed E-state index contributed by atoms with van der Waals surface area (Å²) in [6.07, 6.45) is 2.20. The Balaban J connectivity index is 2.61. The van der Waals surface area contributed by atoms with Gasteiger partial charge in [0.05, 0.1) is 0 Å². The van der Waals surface area contributed by atoms with Gasteiger partial charge in [-0.3, -0.25) is 4.90 Å². The van der Waals surface area contributed by atoms with Crippen LogP contribution in [0.4, 0.5) is 0 Å². The smallest absolute Gasteiger partial charge is 0.0244 e. The third kappa shape index (κ3) is 3.64. The summed E-state index contributed by atoms with van der Waals surface area (Å²) in [4.78, 5) is 2.67. The fraction of sp³-hybridized carbons (Fsp3) is 1.00. The lowest BCUT2D eigenvalue weighted by molar-refractivity contribution is 0.0708. The Kier molecular flexibility index (Phi) is 5.14. The SMILES string of the molecule is CSCC(C)N1CC(C(C)(C)C)NCC1C. The quantitative estimate of drug-likeness (QED) is 0.821. The lowest BCUT2D eigenvalue weighted by Gasteiger charge is -2.46. The standard InChI is InChI=1S/C13H28N2S/c1-10-7-14-12(13(3,4)5)8-15(10)11(2)9-16-6/h10-12,14H,7-9H2,1-6H3. The molecule has 0 amide bonds. The summed E-state index contributed by atoms with van der Waals surface area (Å²) in [6, 6.07) is 1.98. The van der Waals surface area contributed by atoms with Gasteiger partial charge in [0, 0.05) is 37.0 Å². The molecule has 0 aromatic heterocycles. The maximum atomic E-state index is 3.69. The number of hydrogen-bond acceptors (Lipinski definition) is 3. The van der Waals surface area contributed by atoms with Gasteiger partial charge in [-0.2, -0.15) is 11.8 Å². The molecule has 1 heterocycles. The van der Waals surface area contributed by atoms with Crippen LogP contribution in [0.3, 0.4) is 0 Å². The summed E-state index contributed by atoms with van der Waals surface area (Å²) in [7, 11) is 0. The molecule has 0 radical (unpaired) electrons. The van der Waals surface area contributed by atoms with Crippen molar-refractivity contribution in [3.63, 3.8) is 0 Å². The summed E-state index contributed by atoms with van der Waals surface area (Å²) in [6.45, 7) is 14.0. The van der Waals surface area contributed by atoms with Crippen molar-refractivity contribution in [3.8, 4) is 0 Å². The fourth-order valence-electron chi connectivity index (χ4n) is 2.42. The van der Waals surface area contributed by atoms with Crippen LogP contribution in [0.15, 0.2) is 0 Å². The molecule has 0 saturated carbocycles. The lowest BCUT2D eigenvalue weighted by atomic mass is 9.84. The van der Waals surface area contributed by atoms with E-state index >= 15 is 0 Å². The molecule has 3 unspecified atom stereocenters. The van der Waals surface area contributed by atoms with Gasteiger partial charge in [-0.05, 0) is 25.5 Å². The predicted octanol–water partition coefficient (Wildman–Crippen LogP) is 2.45. The molecule has 16 heavy (non-hydrogen) atoms. The third-order valence-corrected chi connectivity index (χ3v) is 4.45. The maximum Gasteiger partial charge on any atom is 0.0244 e. The van der Waals surface area contributed by atoms with E-state index in [0.717, 1.165) is 6.54 Å². The van der Waals surface area contributed by atoms with Crippen LogP contribution < -0.4 is 5.32 Å². The number of thioether (sulfide) groups is 1. The van der Waals surface area contributed by atoms with Crippen LogP contribution in [0.5, 0.6) is 0 Å². The largest absolute Gasteiger partial charge is 0.311 e. The Morgan fingerprint density at radius 2 is 2.06 bits per heavy atom. The van der Waals surface area contributed by atoms with E-state index in [1.807, 2.05) is 11.8 Å². The van der Waals surface area contributed by atoms with Gasteiger partial charge in [-0.1, -0.05) is 20.8 Å². The molecule has 2 nitrogen and oxygen atoms in total. The van der Waals surface area contributed by atoms with E-state index in [1.54, 1.807) is 0 Å². The summed E-state index contributed by atoms with van der Waals surface area (Å²) in [5.74, 6) is 1.24. The average molecular weight is 244 g/mol. The Morgan fingerprint density at radius 3 is 2.56 bits per heavy atom. The Labute approximate surface area is 106 Å². The van der Waals surface area contributed by atoms with Crippen molar-refractivity contribution in [2.75, 3.05) is 25.1 Å². The van der Waals surface area contributed by atoms with Crippen molar-refractivity contribution in [2.45, 2.75) is 52.7 Å². The maximum absolute atomic E-state index is 3.69. The molecule has 1 N–H and O–H groups in total. The molecule has 0 spiro atoms. The van der Waals surface area contributed by atoms with Gasteiger partial charge in [-0.25, -0.2) is 0 Å². The molecule has 1 saturated heterocycles. The number of hydrogen-bond donors (Lipinski definition) is 1. The number of piperazine rings is 1. The minimum Gasteiger partial charge on any atom is -0.311 e. The highest BCUT2D eigenvalue weighted by Gasteiger charge is 2.33. The van der Waals surface area contributed by atoms with Gasteiger partial charge in [-0.15, -0.1) is 0 Å². The van der Waals surface area contributed by atoms with Gasteiger partial charge >= 0.3 is 0 Å². The number of nitrogens with one attached hydrogen (secondary N) is 1. The highest BCUT2D eigenvalue weighted by molar-refractivity contribution is 7.98. The molecule has 1 aliphatic rings. The second-order valence-electron chi connectivity index (χ2n) is 6.18. The first-order valence-corrected chi connectivity index (χ1v) is 7.73. The molecule has 0 aromatic carbocycles. The molecule has 3 heteroatoms. The van der Waals surface area contributed by atoms with Crippen molar-refractivity contribution in [2.24, 2.45) is 5.41 Å². The highest BCUT2D eigenvalue weighted by Crippen LogP contribution is 2.25. The minimum atomic E-state index is 0.359. The van der Waals surface area contributed by atoms with Crippen molar-refractivity contribution in [1.82, 2.24) is 10.2 Å². The van der Waals surface area contributed by atoms with E-state index in [2.05, 4.69) is 51.1 Å². The summed E-state index contributed by atoms with van der Waals surface area (Å²) < 4.78 is 0. The normalized spacial score (nSPS) is 30.4. The van der Waals surface area contributed by atoms with Crippen LogP contribution in [-0.2, 0) is 0 Å². The third-order valence-electron chi connectivity index (χ3n) is 3.64. The molecule has 3 atom stereocenters. The van der Waals surface area contributed by atoms with Crippen molar-refractivity contribution in [3.05, 3.63) is 0 Å². The van der Waals surface area contributed by atoms with E-state index in [-0.39, 0.29) is 0 Å². The fourth-order valence-corrected chi connectivity index (χ4v) is 3.09. The summed E-state index contributed by atoms with van der Waals surface area (Å²) in [5, 5.41) is 3.69. The molecule has 96 valence electrons. The monoisotopic (exact) mass is 244 g/mol.